The average Bonchev–Trinajstić information content (AvgIpc) is 3.23. The number of thioether (sulfide) groups is 1. The summed E-state index contributed by atoms with van der Waals surface area (Å²) in [6, 6.07) is 10.2. The van der Waals surface area contributed by atoms with Gasteiger partial charge in [-0.1, -0.05) is 36.9 Å². The third-order valence-corrected chi connectivity index (χ3v) is 5.97. The second-order valence-corrected chi connectivity index (χ2v) is 7.72. The van der Waals surface area contributed by atoms with E-state index in [1.54, 1.807) is 0 Å². The molecule has 0 atom stereocenters. The molecule has 25 heavy (non-hydrogen) atoms. The van der Waals surface area contributed by atoms with Crippen LogP contribution in [-0.2, 0) is 11.3 Å². The van der Waals surface area contributed by atoms with Crippen LogP contribution < -0.4 is 4.90 Å². The van der Waals surface area contributed by atoms with Gasteiger partial charge >= 0.3 is 0 Å². The largest absolute Gasteiger partial charge is 0.342 e. The summed E-state index contributed by atoms with van der Waals surface area (Å²) in [6.07, 6.45) is 2.23. The van der Waals surface area contributed by atoms with Crippen molar-refractivity contribution in [1.82, 2.24) is 19.7 Å². The maximum Gasteiger partial charge on any atom is 0.233 e. The molecule has 0 bridgehead atoms. The number of fused-ring (bicyclic) bond motifs is 1. The van der Waals surface area contributed by atoms with Gasteiger partial charge in [0.2, 0.25) is 11.9 Å². The normalized spacial score (nSPS) is 17.8. The summed E-state index contributed by atoms with van der Waals surface area (Å²) in [4.78, 5) is 16.6. The van der Waals surface area contributed by atoms with Crippen molar-refractivity contribution in [2.75, 3.05) is 30.3 Å². The molecule has 1 amide bonds. The highest BCUT2D eigenvalue weighted by Crippen LogP contribution is 2.32. The highest BCUT2D eigenvalue weighted by Gasteiger charge is 2.27. The smallest absolute Gasteiger partial charge is 0.233 e. The van der Waals surface area contributed by atoms with E-state index in [2.05, 4.69) is 38.7 Å². The molecule has 2 aromatic rings. The van der Waals surface area contributed by atoms with Gasteiger partial charge in [-0.15, -0.1) is 10.2 Å². The molecule has 2 aliphatic heterocycles. The predicted octanol–water partition coefficient (Wildman–Crippen LogP) is 2.78. The maximum atomic E-state index is 12.4. The first-order valence-electron chi connectivity index (χ1n) is 8.89. The Hall–Kier alpha value is -2.02. The zero-order valence-electron chi connectivity index (χ0n) is 14.5. The van der Waals surface area contributed by atoms with E-state index in [4.69, 9.17) is 0 Å². The number of rotatable bonds is 4. The van der Waals surface area contributed by atoms with E-state index in [0.717, 1.165) is 61.7 Å². The SMILES string of the molecule is CC1CCN(C(=O)CSc2nnc3n2CCN3c2ccccc2)CC1. The van der Waals surface area contributed by atoms with Gasteiger partial charge in [0, 0.05) is 31.9 Å². The highest BCUT2D eigenvalue weighted by atomic mass is 32.2. The number of carbonyl (C=O) groups is 1. The van der Waals surface area contributed by atoms with E-state index in [0.29, 0.717) is 5.75 Å². The van der Waals surface area contributed by atoms with Crippen LogP contribution in [0.2, 0.25) is 0 Å². The number of benzene rings is 1. The van der Waals surface area contributed by atoms with Crippen molar-refractivity contribution >= 4 is 29.3 Å². The zero-order chi connectivity index (χ0) is 17.2. The molecule has 7 heteroatoms. The van der Waals surface area contributed by atoms with Crippen molar-refractivity contribution in [3.8, 4) is 0 Å². The molecule has 0 radical (unpaired) electrons. The molecule has 0 aliphatic carbocycles. The van der Waals surface area contributed by atoms with E-state index in [1.165, 1.54) is 11.8 Å². The van der Waals surface area contributed by atoms with Crippen molar-refractivity contribution in [3.63, 3.8) is 0 Å². The molecule has 2 aliphatic rings. The molecular formula is C18H23N5OS. The molecule has 4 rings (SSSR count). The van der Waals surface area contributed by atoms with Crippen LogP contribution in [0.15, 0.2) is 35.5 Å². The van der Waals surface area contributed by atoms with Gasteiger partial charge in [0.1, 0.15) is 0 Å². The Morgan fingerprint density at radius 1 is 1.12 bits per heavy atom. The summed E-state index contributed by atoms with van der Waals surface area (Å²) in [5.41, 5.74) is 1.13. The van der Waals surface area contributed by atoms with Crippen LogP contribution in [0.5, 0.6) is 0 Å². The lowest BCUT2D eigenvalue weighted by Gasteiger charge is -2.30. The number of piperidine rings is 1. The maximum absolute atomic E-state index is 12.4. The lowest BCUT2D eigenvalue weighted by Crippen LogP contribution is -2.38. The van der Waals surface area contributed by atoms with Gasteiger partial charge in [-0.05, 0) is 30.9 Å². The molecular weight excluding hydrogens is 334 g/mol. The first-order chi connectivity index (χ1) is 12.2. The standard InChI is InChI=1S/C18H23N5OS/c1-14-7-9-21(10-8-14)16(24)13-25-18-20-19-17-22(11-12-23(17)18)15-5-3-2-4-6-15/h2-6,14H,7-13H2,1H3. The first-order valence-corrected chi connectivity index (χ1v) is 9.87. The van der Waals surface area contributed by atoms with Crippen LogP contribution in [0.25, 0.3) is 0 Å². The van der Waals surface area contributed by atoms with Gasteiger partial charge in [0.05, 0.1) is 5.75 Å². The Labute approximate surface area is 152 Å². The number of amides is 1. The monoisotopic (exact) mass is 357 g/mol. The van der Waals surface area contributed by atoms with Gasteiger partial charge in [-0.25, -0.2) is 0 Å². The van der Waals surface area contributed by atoms with Gasteiger partial charge in [-0.2, -0.15) is 0 Å². The van der Waals surface area contributed by atoms with E-state index in [9.17, 15) is 4.79 Å². The number of likely N-dealkylation sites (tertiary alicyclic amines) is 1. The van der Waals surface area contributed by atoms with Crippen molar-refractivity contribution in [3.05, 3.63) is 30.3 Å². The molecule has 0 spiro atoms. The van der Waals surface area contributed by atoms with E-state index in [-0.39, 0.29) is 5.91 Å². The fourth-order valence-corrected chi connectivity index (χ4v) is 4.27. The van der Waals surface area contributed by atoms with Crippen LogP contribution in [-0.4, -0.2) is 51.0 Å². The quantitative estimate of drug-likeness (QED) is 0.788. The molecule has 0 saturated carbocycles. The summed E-state index contributed by atoms with van der Waals surface area (Å²) in [6.45, 7) is 5.78. The first kappa shape index (κ1) is 16.4. The Balaban J connectivity index is 1.40. The number of anilines is 2. The molecule has 3 heterocycles. The van der Waals surface area contributed by atoms with Gasteiger partial charge in [-0.3, -0.25) is 9.36 Å². The number of carbonyl (C=O) groups excluding carboxylic acids is 1. The topological polar surface area (TPSA) is 54.3 Å². The summed E-state index contributed by atoms with van der Waals surface area (Å²) in [5.74, 6) is 2.26. The minimum absolute atomic E-state index is 0.215. The second-order valence-electron chi connectivity index (χ2n) is 6.77. The Morgan fingerprint density at radius 3 is 2.64 bits per heavy atom. The zero-order valence-corrected chi connectivity index (χ0v) is 15.3. The average molecular weight is 357 g/mol. The van der Waals surface area contributed by atoms with E-state index in [1.807, 2.05) is 23.1 Å². The van der Waals surface area contributed by atoms with Crippen LogP contribution in [0.3, 0.4) is 0 Å². The van der Waals surface area contributed by atoms with Crippen LogP contribution in [0, 0.1) is 5.92 Å². The van der Waals surface area contributed by atoms with Crippen molar-refractivity contribution in [2.24, 2.45) is 5.92 Å². The number of hydrogen-bond acceptors (Lipinski definition) is 5. The summed E-state index contributed by atoms with van der Waals surface area (Å²) in [5, 5.41) is 9.49. The molecule has 0 unspecified atom stereocenters. The third kappa shape index (κ3) is 3.38. The lowest BCUT2D eigenvalue weighted by molar-refractivity contribution is -0.129. The van der Waals surface area contributed by atoms with Crippen LogP contribution in [0.4, 0.5) is 11.6 Å². The molecule has 1 fully saturated rings. The minimum Gasteiger partial charge on any atom is -0.342 e. The minimum atomic E-state index is 0.215. The fourth-order valence-electron chi connectivity index (χ4n) is 3.41. The molecule has 1 saturated heterocycles. The van der Waals surface area contributed by atoms with E-state index < -0.39 is 0 Å². The van der Waals surface area contributed by atoms with Crippen molar-refractivity contribution in [2.45, 2.75) is 31.5 Å². The van der Waals surface area contributed by atoms with Crippen LogP contribution in [0.1, 0.15) is 19.8 Å². The highest BCUT2D eigenvalue weighted by molar-refractivity contribution is 7.99. The number of nitrogens with zero attached hydrogens (tertiary/aromatic N) is 5. The molecule has 0 N–H and O–H groups in total. The number of hydrogen-bond donors (Lipinski definition) is 0. The second kappa shape index (κ2) is 7.07. The molecule has 1 aromatic carbocycles. The molecule has 6 nitrogen and oxygen atoms in total. The van der Waals surface area contributed by atoms with Crippen molar-refractivity contribution < 1.29 is 4.79 Å². The van der Waals surface area contributed by atoms with Crippen molar-refractivity contribution in [1.29, 1.82) is 0 Å². The molecule has 1 aromatic heterocycles. The Morgan fingerprint density at radius 2 is 1.88 bits per heavy atom. The predicted molar refractivity (Wildman–Crippen MR) is 99.2 cm³/mol. The summed E-state index contributed by atoms with van der Waals surface area (Å²) in [7, 11) is 0. The Bertz CT molecular complexity index is 739. The Kier molecular flexibility index (Phi) is 4.65. The van der Waals surface area contributed by atoms with E-state index >= 15 is 0 Å². The van der Waals surface area contributed by atoms with Crippen LogP contribution >= 0.6 is 11.8 Å². The summed E-state index contributed by atoms with van der Waals surface area (Å²) >= 11 is 1.50. The fraction of sp³-hybridized carbons (Fsp3) is 0.500. The van der Waals surface area contributed by atoms with Gasteiger partial charge < -0.3 is 9.80 Å². The lowest BCUT2D eigenvalue weighted by atomic mass is 9.99. The summed E-state index contributed by atoms with van der Waals surface area (Å²) < 4.78 is 2.11. The molecule has 132 valence electrons. The third-order valence-electron chi connectivity index (χ3n) is 5.01. The van der Waals surface area contributed by atoms with Gasteiger partial charge in [0.25, 0.3) is 0 Å². The number of para-hydroxylation sites is 1. The number of aromatic nitrogens is 3. The van der Waals surface area contributed by atoms with Gasteiger partial charge in [0.15, 0.2) is 5.16 Å².